The molecule has 2 rings (SSSR count). The molecule has 0 aromatic heterocycles. The van der Waals surface area contributed by atoms with E-state index in [0.717, 1.165) is 25.9 Å². The third kappa shape index (κ3) is 1.27. The van der Waals surface area contributed by atoms with Crippen LogP contribution in [0.25, 0.3) is 0 Å². The Morgan fingerprint density at radius 3 is 2.75 bits per heavy atom. The van der Waals surface area contributed by atoms with Crippen molar-refractivity contribution in [2.24, 2.45) is 5.41 Å². The second-order valence-corrected chi connectivity index (χ2v) is 3.99. The van der Waals surface area contributed by atoms with Gasteiger partial charge in [-0.25, -0.2) is 4.79 Å². The van der Waals surface area contributed by atoms with Crippen LogP contribution < -0.4 is 10.6 Å². The Kier molecular flexibility index (Phi) is 1.72. The maximum absolute atomic E-state index is 10.3. The van der Waals surface area contributed by atoms with Crippen LogP contribution in [0.1, 0.15) is 19.3 Å². The van der Waals surface area contributed by atoms with Crippen LogP contribution in [0.15, 0.2) is 0 Å². The highest BCUT2D eigenvalue weighted by Gasteiger charge is 2.43. The van der Waals surface area contributed by atoms with Crippen molar-refractivity contribution in [2.75, 3.05) is 13.1 Å². The lowest BCUT2D eigenvalue weighted by atomic mass is 9.80. The van der Waals surface area contributed by atoms with Crippen LogP contribution in [-0.2, 0) is 0 Å². The summed E-state index contributed by atoms with van der Waals surface area (Å²) in [7, 11) is 0. The summed E-state index contributed by atoms with van der Waals surface area (Å²) in [5.74, 6) is 0. The highest BCUT2D eigenvalue weighted by atomic mass is 16.4. The summed E-state index contributed by atoms with van der Waals surface area (Å²) < 4.78 is 0. The van der Waals surface area contributed by atoms with Crippen molar-refractivity contribution in [2.45, 2.75) is 25.3 Å². The first-order valence-electron chi connectivity index (χ1n) is 4.40. The molecule has 1 unspecified atom stereocenters. The maximum atomic E-state index is 10.3. The van der Waals surface area contributed by atoms with Crippen molar-refractivity contribution >= 4 is 6.09 Å². The Morgan fingerprint density at radius 1 is 1.58 bits per heavy atom. The van der Waals surface area contributed by atoms with Crippen LogP contribution in [0.3, 0.4) is 0 Å². The summed E-state index contributed by atoms with van der Waals surface area (Å²) in [5.41, 5.74) is 0.438. The van der Waals surface area contributed by atoms with E-state index in [2.05, 4.69) is 10.6 Å². The smallest absolute Gasteiger partial charge is 0.404 e. The molecule has 0 aromatic carbocycles. The summed E-state index contributed by atoms with van der Waals surface area (Å²) in [4.78, 5) is 10.3. The van der Waals surface area contributed by atoms with Crippen molar-refractivity contribution < 1.29 is 9.90 Å². The van der Waals surface area contributed by atoms with E-state index in [-0.39, 0.29) is 6.04 Å². The summed E-state index contributed by atoms with van der Waals surface area (Å²) in [5, 5.41) is 14.3. The zero-order chi connectivity index (χ0) is 8.60. The topological polar surface area (TPSA) is 61.4 Å². The molecule has 1 amide bonds. The molecule has 0 radical (unpaired) electrons. The Balaban J connectivity index is 1.85. The Hall–Kier alpha value is -0.770. The number of carbonyl (C=O) groups is 1. The van der Waals surface area contributed by atoms with Gasteiger partial charge in [-0.3, -0.25) is 0 Å². The van der Waals surface area contributed by atoms with E-state index in [9.17, 15) is 4.79 Å². The molecule has 3 N–H and O–H groups in total. The van der Waals surface area contributed by atoms with E-state index in [1.165, 1.54) is 6.42 Å². The molecule has 1 saturated heterocycles. The molecule has 4 nitrogen and oxygen atoms in total. The minimum absolute atomic E-state index is 0.199. The standard InChI is InChI=1S/C8H14N2O2/c11-7(12)10-6-1-2-8(3-6)4-9-5-8/h6,9-10H,1-5H2,(H,11,12). The molecular formula is C8H14N2O2. The Bertz CT molecular complexity index is 201. The van der Waals surface area contributed by atoms with Crippen molar-refractivity contribution in [1.29, 1.82) is 0 Å². The molecule has 1 atom stereocenters. The fourth-order valence-electron chi connectivity index (χ4n) is 2.30. The zero-order valence-corrected chi connectivity index (χ0v) is 6.97. The number of carboxylic acid groups (broad SMARTS) is 1. The lowest BCUT2D eigenvalue weighted by molar-refractivity contribution is 0.167. The lowest BCUT2D eigenvalue weighted by Crippen LogP contribution is -2.52. The highest BCUT2D eigenvalue weighted by Crippen LogP contribution is 2.41. The fraction of sp³-hybridized carbons (Fsp3) is 0.875. The largest absolute Gasteiger partial charge is 0.465 e. The quantitative estimate of drug-likeness (QED) is 0.533. The van der Waals surface area contributed by atoms with Gasteiger partial charge >= 0.3 is 6.09 Å². The van der Waals surface area contributed by atoms with Crippen LogP contribution >= 0.6 is 0 Å². The monoisotopic (exact) mass is 170 g/mol. The summed E-state index contributed by atoms with van der Waals surface area (Å²) >= 11 is 0. The van der Waals surface area contributed by atoms with E-state index in [1.807, 2.05) is 0 Å². The van der Waals surface area contributed by atoms with Gasteiger partial charge in [0.05, 0.1) is 0 Å². The first kappa shape index (κ1) is 7.86. The molecule has 0 bridgehead atoms. The summed E-state index contributed by atoms with van der Waals surface area (Å²) in [6.45, 7) is 2.15. The third-order valence-corrected chi connectivity index (χ3v) is 3.03. The first-order valence-corrected chi connectivity index (χ1v) is 4.40. The fourth-order valence-corrected chi connectivity index (χ4v) is 2.30. The van der Waals surface area contributed by atoms with Crippen LogP contribution in [-0.4, -0.2) is 30.3 Å². The molecular weight excluding hydrogens is 156 g/mol. The van der Waals surface area contributed by atoms with E-state index in [0.29, 0.717) is 5.41 Å². The van der Waals surface area contributed by atoms with Gasteiger partial charge in [0, 0.05) is 19.1 Å². The van der Waals surface area contributed by atoms with Gasteiger partial charge in [0.2, 0.25) is 0 Å². The van der Waals surface area contributed by atoms with E-state index in [4.69, 9.17) is 5.11 Å². The van der Waals surface area contributed by atoms with Gasteiger partial charge in [0.25, 0.3) is 0 Å². The Labute approximate surface area is 71.3 Å². The van der Waals surface area contributed by atoms with Gasteiger partial charge < -0.3 is 15.7 Å². The predicted molar refractivity (Wildman–Crippen MR) is 44.1 cm³/mol. The van der Waals surface area contributed by atoms with Gasteiger partial charge in [-0.15, -0.1) is 0 Å². The van der Waals surface area contributed by atoms with Gasteiger partial charge in [-0.1, -0.05) is 0 Å². The zero-order valence-electron chi connectivity index (χ0n) is 6.97. The number of amides is 1. The Morgan fingerprint density at radius 2 is 2.33 bits per heavy atom. The minimum atomic E-state index is -0.885. The average Bonchev–Trinajstić information content (AvgIpc) is 2.29. The maximum Gasteiger partial charge on any atom is 0.404 e. The SMILES string of the molecule is O=C(O)NC1CCC2(CNC2)C1. The van der Waals surface area contributed by atoms with Crippen molar-refractivity contribution in [3.05, 3.63) is 0 Å². The molecule has 1 aliphatic carbocycles. The molecule has 12 heavy (non-hydrogen) atoms. The van der Waals surface area contributed by atoms with Crippen LogP contribution in [0.2, 0.25) is 0 Å². The molecule has 68 valence electrons. The van der Waals surface area contributed by atoms with Crippen LogP contribution in [0.5, 0.6) is 0 Å². The molecule has 1 heterocycles. The molecule has 2 aliphatic rings. The lowest BCUT2D eigenvalue weighted by Gasteiger charge is -2.39. The summed E-state index contributed by atoms with van der Waals surface area (Å²) in [6, 6.07) is 0.199. The molecule has 0 aromatic rings. The van der Waals surface area contributed by atoms with Crippen molar-refractivity contribution in [3.63, 3.8) is 0 Å². The molecule has 1 spiro atoms. The number of rotatable bonds is 1. The number of hydrogen-bond donors (Lipinski definition) is 3. The first-order chi connectivity index (χ1) is 5.70. The van der Waals surface area contributed by atoms with E-state index < -0.39 is 6.09 Å². The average molecular weight is 170 g/mol. The third-order valence-electron chi connectivity index (χ3n) is 3.03. The second kappa shape index (κ2) is 2.62. The number of nitrogens with one attached hydrogen (secondary N) is 2. The van der Waals surface area contributed by atoms with E-state index >= 15 is 0 Å². The second-order valence-electron chi connectivity index (χ2n) is 3.99. The molecule has 2 fully saturated rings. The van der Waals surface area contributed by atoms with Crippen molar-refractivity contribution in [1.82, 2.24) is 10.6 Å². The normalized spacial score (nSPS) is 31.5. The van der Waals surface area contributed by atoms with Crippen LogP contribution in [0.4, 0.5) is 4.79 Å². The molecule has 1 aliphatic heterocycles. The van der Waals surface area contributed by atoms with E-state index in [1.54, 1.807) is 0 Å². The van der Waals surface area contributed by atoms with Crippen molar-refractivity contribution in [3.8, 4) is 0 Å². The van der Waals surface area contributed by atoms with Gasteiger partial charge in [-0.05, 0) is 24.7 Å². The molecule has 1 saturated carbocycles. The van der Waals surface area contributed by atoms with Crippen LogP contribution in [0, 0.1) is 5.41 Å². The van der Waals surface area contributed by atoms with Gasteiger partial charge in [-0.2, -0.15) is 0 Å². The summed E-state index contributed by atoms with van der Waals surface area (Å²) in [6.07, 6.45) is 2.31. The molecule has 4 heteroatoms. The van der Waals surface area contributed by atoms with Gasteiger partial charge in [0.1, 0.15) is 0 Å². The minimum Gasteiger partial charge on any atom is -0.465 e. The van der Waals surface area contributed by atoms with Gasteiger partial charge in [0.15, 0.2) is 0 Å². The number of hydrogen-bond acceptors (Lipinski definition) is 2. The highest BCUT2D eigenvalue weighted by molar-refractivity contribution is 5.64. The predicted octanol–water partition coefficient (Wildman–Crippen LogP) is 0.396.